The van der Waals surface area contributed by atoms with Crippen LogP contribution < -0.4 is 5.32 Å². The van der Waals surface area contributed by atoms with Gasteiger partial charge in [-0.15, -0.1) is 0 Å². The summed E-state index contributed by atoms with van der Waals surface area (Å²) in [6, 6.07) is 0.700. The smallest absolute Gasteiger partial charge is 0.109 e. The van der Waals surface area contributed by atoms with Gasteiger partial charge in [-0.1, -0.05) is 6.92 Å². The van der Waals surface area contributed by atoms with Crippen LogP contribution in [0.15, 0.2) is 12.4 Å². The molecular weight excluding hydrogens is 200 g/mol. The molecule has 4 nitrogen and oxygen atoms in total. The molecule has 16 heavy (non-hydrogen) atoms. The third-order valence-electron chi connectivity index (χ3n) is 3.34. The summed E-state index contributed by atoms with van der Waals surface area (Å²) in [5.74, 6) is 1.19. The van der Waals surface area contributed by atoms with E-state index in [0.29, 0.717) is 6.04 Å². The highest BCUT2D eigenvalue weighted by Gasteiger charge is 2.21. The molecule has 1 atom stereocenters. The van der Waals surface area contributed by atoms with E-state index in [1.807, 2.05) is 12.4 Å². The van der Waals surface area contributed by atoms with Crippen LogP contribution in [0, 0.1) is 0 Å². The Morgan fingerprint density at radius 1 is 1.56 bits per heavy atom. The Kier molecular flexibility index (Phi) is 3.96. The SMILES string of the molecule is CCNC1CCN(CCc2nccn2C)C1. The predicted molar refractivity (Wildman–Crippen MR) is 65.4 cm³/mol. The summed E-state index contributed by atoms with van der Waals surface area (Å²) in [5.41, 5.74) is 0. The van der Waals surface area contributed by atoms with Gasteiger partial charge in [0.25, 0.3) is 0 Å². The summed E-state index contributed by atoms with van der Waals surface area (Å²) in [4.78, 5) is 6.88. The Morgan fingerprint density at radius 3 is 3.12 bits per heavy atom. The molecule has 1 aliphatic heterocycles. The van der Waals surface area contributed by atoms with Crippen molar-refractivity contribution in [1.82, 2.24) is 19.8 Å². The second kappa shape index (κ2) is 5.46. The van der Waals surface area contributed by atoms with Crippen molar-refractivity contribution < 1.29 is 0 Å². The summed E-state index contributed by atoms with van der Waals surface area (Å²) >= 11 is 0. The molecule has 1 aromatic heterocycles. The monoisotopic (exact) mass is 222 g/mol. The number of imidazole rings is 1. The van der Waals surface area contributed by atoms with Crippen molar-refractivity contribution in [2.24, 2.45) is 7.05 Å². The van der Waals surface area contributed by atoms with Crippen LogP contribution in [0.3, 0.4) is 0 Å². The normalized spacial score (nSPS) is 21.8. The van der Waals surface area contributed by atoms with Crippen molar-refractivity contribution in [2.45, 2.75) is 25.8 Å². The van der Waals surface area contributed by atoms with Crippen LogP contribution in [0.1, 0.15) is 19.2 Å². The molecule has 1 N–H and O–H groups in total. The lowest BCUT2D eigenvalue weighted by atomic mass is 10.3. The largest absolute Gasteiger partial charge is 0.338 e. The molecule has 0 amide bonds. The number of nitrogens with zero attached hydrogens (tertiary/aromatic N) is 3. The highest BCUT2D eigenvalue weighted by atomic mass is 15.2. The van der Waals surface area contributed by atoms with Crippen LogP contribution >= 0.6 is 0 Å². The van der Waals surface area contributed by atoms with Gasteiger partial charge in [-0.05, 0) is 19.5 Å². The number of rotatable bonds is 5. The van der Waals surface area contributed by atoms with Crippen LogP contribution in [-0.4, -0.2) is 46.7 Å². The fraction of sp³-hybridized carbons (Fsp3) is 0.750. The average Bonchev–Trinajstić information content (AvgIpc) is 2.86. The van der Waals surface area contributed by atoms with E-state index in [0.717, 1.165) is 19.5 Å². The van der Waals surface area contributed by atoms with Gasteiger partial charge >= 0.3 is 0 Å². The molecular formula is C12H22N4. The number of likely N-dealkylation sites (tertiary alicyclic amines) is 1. The van der Waals surface area contributed by atoms with E-state index in [4.69, 9.17) is 0 Å². The molecule has 0 aromatic carbocycles. The standard InChI is InChI=1S/C12H22N4/c1-3-13-11-4-7-16(10-11)8-5-12-14-6-9-15(12)2/h6,9,11,13H,3-5,7-8,10H2,1-2H3. The number of hydrogen-bond donors (Lipinski definition) is 1. The van der Waals surface area contributed by atoms with Gasteiger partial charge in [0, 0.05) is 45.0 Å². The van der Waals surface area contributed by atoms with Gasteiger partial charge in [-0.25, -0.2) is 4.98 Å². The van der Waals surface area contributed by atoms with Gasteiger partial charge in [-0.2, -0.15) is 0 Å². The Morgan fingerprint density at radius 2 is 2.44 bits per heavy atom. The molecule has 1 saturated heterocycles. The maximum Gasteiger partial charge on any atom is 0.109 e. The molecule has 0 aliphatic carbocycles. The number of aromatic nitrogens is 2. The first kappa shape index (κ1) is 11.6. The number of likely N-dealkylation sites (N-methyl/N-ethyl adjacent to an activating group) is 1. The molecule has 1 aliphatic rings. The lowest BCUT2D eigenvalue weighted by Crippen LogP contribution is -2.33. The summed E-state index contributed by atoms with van der Waals surface area (Å²) in [7, 11) is 2.06. The second-order valence-electron chi connectivity index (χ2n) is 4.55. The Labute approximate surface area is 97.7 Å². The van der Waals surface area contributed by atoms with Gasteiger partial charge in [0.2, 0.25) is 0 Å². The molecule has 90 valence electrons. The fourth-order valence-corrected chi connectivity index (χ4v) is 2.39. The molecule has 4 heteroatoms. The summed E-state index contributed by atoms with van der Waals surface area (Å²) < 4.78 is 2.11. The van der Waals surface area contributed by atoms with E-state index in [9.17, 15) is 0 Å². The summed E-state index contributed by atoms with van der Waals surface area (Å²) in [5, 5.41) is 3.52. The molecule has 0 bridgehead atoms. The van der Waals surface area contributed by atoms with E-state index in [1.165, 1.54) is 25.3 Å². The van der Waals surface area contributed by atoms with Crippen molar-refractivity contribution in [3.05, 3.63) is 18.2 Å². The first-order chi connectivity index (χ1) is 7.79. The maximum absolute atomic E-state index is 4.35. The average molecular weight is 222 g/mol. The molecule has 0 saturated carbocycles. The molecule has 2 heterocycles. The minimum atomic E-state index is 0.700. The van der Waals surface area contributed by atoms with Gasteiger partial charge in [0.05, 0.1) is 0 Å². The van der Waals surface area contributed by atoms with E-state index >= 15 is 0 Å². The minimum absolute atomic E-state index is 0.700. The zero-order chi connectivity index (χ0) is 11.4. The van der Waals surface area contributed by atoms with Crippen LogP contribution in [0.2, 0.25) is 0 Å². The lowest BCUT2D eigenvalue weighted by Gasteiger charge is -2.15. The Hall–Kier alpha value is -0.870. The lowest BCUT2D eigenvalue weighted by molar-refractivity contribution is 0.329. The van der Waals surface area contributed by atoms with Crippen molar-refractivity contribution in [2.75, 3.05) is 26.2 Å². The Balaban J connectivity index is 1.74. The predicted octanol–water partition coefficient (Wildman–Crippen LogP) is 0.646. The van der Waals surface area contributed by atoms with Gasteiger partial charge in [-0.3, -0.25) is 0 Å². The summed E-state index contributed by atoms with van der Waals surface area (Å²) in [6.07, 6.45) is 6.23. The third kappa shape index (κ3) is 2.83. The first-order valence-electron chi connectivity index (χ1n) is 6.21. The van der Waals surface area contributed by atoms with Crippen LogP contribution in [0.5, 0.6) is 0 Å². The molecule has 1 fully saturated rings. The minimum Gasteiger partial charge on any atom is -0.338 e. The highest BCUT2D eigenvalue weighted by molar-refractivity contribution is 4.92. The van der Waals surface area contributed by atoms with E-state index in [1.54, 1.807) is 0 Å². The molecule has 0 spiro atoms. The molecule has 0 radical (unpaired) electrons. The molecule has 2 rings (SSSR count). The zero-order valence-corrected chi connectivity index (χ0v) is 10.3. The summed E-state index contributed by atoms with van der Waals surface area (Å²) in [6.45, 7) is 6.81. The topological polar surface area (TPSA) is 33.1 Å². The third-order valence-corrected chi connectivity index (χ3v) is 3.34. The van der Waals surface area contributed by atoms with Crippen LogP contribution in [0.25, 0.3) is 0 Å². The van der Waals surface area contributed by atoms with Gasteiger partial charge < -0.3 is 14.8 Å². The van der Waals surface area contributed by atoms with E-state index < -0.39 is 0 Å². The molecule has 1 unspecified atom stereocenters. The quantitative estimate of drug-likeness (QED) is 0.794. The zero-order valence-electron chi connectivity index (χ0n) is 10.3. The van der Waals surface area contributed by atoms with E-state index in [-0.39, 0.29) is 0 Å². The van der Waals surface area contributed by atoms with Crippen molar-refractivity contribution in [3.63, 3.8) is 0 Å². The number of hydrogen-bond acceptors (Lipinski definition) is 3. The van der Waals surface area contributed by atoms with Crippen LogP contribution in [0.4, 0.5) is 0 Å². The van der Waals surface area contributed by atoms with Crippen LogP contribution in [-0.2, 0) is 13.5 Å². The molecule has 1 aromatic rings. The van der Waals surface area contributed by atoms with Crippen molar-refractivity contribution in [3.8, 4) is 0 Å². The maximum atomic E-state index is 4.35. The van der Waals surface area contributed by atoms with Gasteiger partial charge in [0.1, 0.15) is 5.82 Å². The van der Waals surface area contributed by atoms with Crippen molar-refractivity contribution >= 4 is 0 Å². The number of nitrogens with one attached hydrogen (secondary N) is 1. The fourth-order valence-electron chi connectivity index (χ4n) is 2.39. The highest BCUT2D eigenvalue weighted by Crippen LogP contribution is 2.09. The Bertz CT molecular complexity index is 321. The van der Waals surface area contributed by atoms with Gasteiger partial charge in [0.15, 0.2) is 0 Å². The second-order valence-corrected chi connectivity index (χ2v) is 4.55. The number of aryl methyl sites for hydroxylation is 1. The first-order valence-corrected chi connectivity index (χ1v) is 6.21. The van der Waals surface area contributed by atoms with Crippen molar-refractivity contribution in [1.29, 1.82) is 0 Å². The van der Waals surface area contributed by atoms with E-state index in [2.05, 4.69) is 33.7 Å².